The van der Waals surface area contributed by atoms with Gasteiger partial charge in [-0.3, -0.25) is 0 Å². The molecule has 0 aliphatic carbocycles. The van der Waals surface area contributed by atoms with Crippen molar-refractivity contribution in [1.29, 1.82) is 0 Å². The van der Waals surface area contributed by atoms with Crippen LogP contribution in [0.4, 0.5) is 5.69 Å². The number of thiophene rings is 1. The van der Waals surface area contributed by atoms with Gasteiger partial charge in [-0.05, 0) is 69.9 Å². The van der Waals surface area contributed by atoms with Gasteiger partial charge in [-0.25, -0.2) is 15.0 Å². The van der Waals surface area contributed by atoms with Crippen LogP contribution in [0.5, 0.6) is 0 Å². The molecular formula is C26H21ClN4S. The fourth-order valence-electron chi connectivity index (χ4n) is 3.70. The normalized spacial score (nSPS) is 11.1. The number of rotatable bonds is 5. The maximum absolute atomic E-state index is 6.31. The molecule has 5 aromatic rings. The highest BCUT2D eigenvalue weighted by Gasteiger charge is 2.11. The van der Waals surface area contributed by atoms with Crippen LogP contribution >= 0.6 is 22.9 Å². The van der Waals surface area contributed by atoms with Crippen molar-refractivity contribution < 1.29 is 0 Å². The Hall–Kier alpha value is -3.28. The van der Waals surface area contributed by atoms with Gasteiger partial charge < -0.3 is 4.90 Å². The molecule has 0 aliphatic heterocycles. The van der Waals surface area contributed by atoms with E-state index in [4.69, 9.17) is 21.6 Å². The molecule has 0 radical (unpaired) electrons. The van der Waals surface area contributed by atoms with E-state index >= 15 is 0 Å². The molecule has 158 valence electrons. The predicted molar refractivity (Wildman–Crippen MR) is 135 cm³/mol. The molecule has 0 fully saturated rings. The molecule has 0 spiro atoms. The van der Waals surface area contributed by atoms with Crippen molar-refractivity contribution in [2.24, 2.45) is 0 Å². The zero-order valence-corrected chi connectivity index (χ0v) is 19.4. The minimum atomic E-state index is 0.588. The van der Waals surface area contributed by atoms with E-state index in [9.17, 15) is 0 Å². The highest BCUT2D eigenvalue weighted by Crippen LogP contribution is 2.30. The van der Waals surface area contributed by atoms with Crippen LogP contribution < -0.4 is 4.90 Å². The van der Waals surface area contributed by atoms with Crippen LogP contribution in [0.3, 0.4) is 0 Å². The second-order valence-corrected chi connectivity index (χ2v) is 9.04. The Bertz CT molecular complexity index is 1380. The van der Waals surface area contributed by atoms with E-state index < -0.39 is 0 Å². The van der Waals surface area contributed by atoms with Gasteiger partial charge in [-0.1, -0.05) is 29.8 Å². The van der Waals surface area contributed by atoms with Crippen LogP contribution in [-0.2, 0) is 6.42 Å². The van der Waals surface area contributed by atoms with Crippen LogP contribution in [0.1, 0.15) is 11.4 Å². The third-order valence-corrected chi connectivity index (χ3v) is 6.34. The molecular weight excluding hydrogens is 436 g/mol. The average molecular weight is 457 g/mol. The summed E-state index contributed by atoms with van der Waals surface area (Å²) >= 11 is 7.99. The van der Waals surface area contributed by atoms with Crippen molar-refractivity contribution in [2.45, 2.75) is 6.42 Å². The van der Waals surface area contributed by atoms with Crippen LogP contribution in [-0.4, -0.2) is 29.0 Å². The van der Waals surface area contributed by atoms with Crippen molar-refractivity contribution in [3.63, 3.8) is 0 Å². The fourth-order valence-corrected chi connectivity index (χ4v) is 4.55. The molecule has 0 amide bonds. The van der Waals surface area contributed by atoms with Gasteiger partial charge in [0.15, 0.2) is 5.65 Å². The Kier molecular flexibility index (Phi) is 5.60. The van der Waals surface area contributed by atoms with E-state index in [2.05, 4.69) is 57.0 Å². The summed E-state index contributed by atoms with van der Waals surface area (Å²) in [6, 6.07) is 20.5. The van der Waals surface area contributed by atoms with E-state index in [1.807, 2.05) is 44.6 Å². The van der Waals surface area contributed by atoms with Gasteiger partial charge in [-0.2, -0.15) is 11.3 Å². The lowest BCUT2D eigenvalue weighted by Crippen LogP contribution is -2.07. The maximum Gasteiger partial charge on any atom is 0.163 e. The second-order valence-electron chi connectivity index (χ2n) is 7.83. The summed E-state index contributed by atoms with van der Waals surface area (Å²) in [4.78, 5) is 16.3. The van der Waals surface area contributed by atoms with Gasteiger partial charge in [0, 0.05) is 48.4 Å². The monoisotopic (exact) mass is 456 g/mol. The van der Waals surface area contributed by atoms with Crippen LogP contribution in [0, 0.1) is 0 Å². The van der Waals surface area contributed by atoms with Crippen LogP contribution in [0.2, 0.25) is 5.02 Å². The first kappa shape index (κ1) is 20.6. The van der Waals surface area contributed by atoms with Gasteiger partial charge in [-0.15, -0.1) is 0 Å². The summed E-state index contributed by atoms with van der Waals surface area (Å²) in [5.41, 5.74) is 7.25. The smallest absolute Gasteiger partial charge is 0.163 e. The van der Waals surface area contributed by atoms with E-state index in [1.54, 1.807) is 11.3 Å². The summed E-state index contributed by atoms with van der Waals surface area (Å²) in [6.45, 7) is 0. The van der Waals surface area contributed by atoms with Gasteiger partial charge >= 0.3 is 0 Å². The van der Waals surface area contributed by atoms with Gasteiger partial charge in [0.1, 0.15) is 5.82 Å². The third kappa shape index (κ3) is 4.22. The van der Waals surface area contributed by atoms with Crippen molar-refractivity contribution in [2.75, 3.05) is 19.0 Å². The molecule has 0 atom stereocenters. The second kappa shape index (κ2) is 8.69. The van der Waals surface area contributed by atoms with Gasteiger partial charge in [0.25, 0.3) is 0 Å². The number of nitrogens with zero attached hydrogens (tertiary/aromatic N) is 4. The highest BCUT2D eigenvalue weighted by atomic mass is 35.5. The lowest BCUT2D eigenvalue weighted by atomic mass is 9.99. The van der Waals surface area contributed by atoms with E-state index in [-0.39, 0.29) is 0 Å². The zero-order chi connectivity index (χ0) is 22.1. The Morgan fingerprint density at radius 2 is 1.75 bits per heavy atom. The van der Waals surface area contributed by atoms with E-state index in [1.165, 1.54) is 5.56 Å². The standard InChI is InChI=1S/C26H21ClN4S/c1-31(2)22-7-3-17(4-8-22)24-10-5-18-15-28-25(30-26(18)29-24)14-20-13-21(27)6-9-23(20)19-11-12-32-16-19/h3-13,15-16H,14H2,1-2H3. The molecule has 0 saturated carbocycles. The van der Waals surface area contributed by atoms with Crippen molar-refractivity contribution >= 4 is 39.7 Å². The number of fused-ring (bicyclic) bond motifs is 1. The van der Waals surface area contributed by atoms with Crippen molar-refractivity contribution in [3.8, 4) is 22.4 Å². The number of aromatic nitrogens is 3. The SMILES string of the molecule is CN(C)c1ccc(-c2ccc3cnc(Cc4cc(Cl)ccc4-c4ccsc4)nc3n2)cc1. The molecule has 0 N–H and O–H groups in total. The summed E-state index contributed by atoms with van der Waals surface area (Å²) in [6.07, 6.45) is 2.43. The topological polar surface area (TPSA) is 41.9 Å². The van der Waals surface area contributed by atoms with E-state index in [0.717, 1.165) is 39.3 Å². The number of pyridine rings is 1. The molecule has 3 aromatic heterocycles. The number of halogens is 1. The average Bonchev–Trinajstić information content (AvgIpc) is 3.33. The predicted octanol–water partition coefficient (Wildman–Crippen LogP) is 6.73. The lowest BCUT2D eigenvalue weighted by Gasteiger charge is -2.12. The summed E-state index contributed by atoms with van der Waals surface area (Å²) in [7, 11) is 4.07. The minimum absolute atomic E-state index is 0.588. The third-order valence-electron chi connectivity index (χ3n) is 5.42. The Morgan fingerprint density at radius 1 is 0.906 bits per heavy atom. The minimum Gasteiger partial charge on any atom is -0.378 e. The molecule has 0 saturated heterocycles. The van der Waals surface area contributed by atoms with Gasteiger partial charge in [0.05, 0.1) is 5.69 Å². The molecule has 2 aromatic carbocycles. The summed E-state index contributed by atoms with van der Waals surface area (Å²) < 4.78 is 0. The largest absolute Gasteiger partial charge is 0.378 e. The summed E-state index contributed by atoms with van der Waals surface area (Å²) in [5, 5.41) is 5.85. The molecule has 32 heavy (non-hydrogen) atoms. The van der Waals surface area contributed by atoms with Crippen molar-refractivity contribution in [1.82, 2.24) is 15.0 Å². The first-order valence-electron chi connectivity index (χ1n) is 10.3. The Balaban J connectivity index is 1.49. The zero-order valence-electron chi connectivity index (χ0n) is 17.8. The highest BCUT2D eigenvalue weighted by molar-refractivity contribution is 7.08. The molecule has 0 aliphatic rings. The Labute approximate surface area is 196 Å². The molecule has 6 heteroatoms. The molecule has 0 unspecified atom stereocenters. The number of anilines is 1. The molecule has 0 bridgehead atoms. The molecule has 3 heterocycles. The lowest BCUT2D eigenvalue weighted by molar-refractivity contribution is 0.985. The number of hydrogen-bond acceptors (Lipinski definition) is 5. The van der Waals surface area contributed by atoms with Gasteiger partial charge in [0.2, 0.25) is 0 Å². The molecule has 4 nitrogen and oxygen atoms in total. The quantitative estimate of drug-likeness (QED) is 0.294. The number of hydrogen-bond donors (Lipinski definition) is 0. The first-order valence-corrected chi connectivity index (χ1v) is 11.6. The van der Waals surface area contributed by atoms with Crippen LogP contribution in [0.15, 0.2) is 77.6 Å². The number of benzene rings is 2. The fraction of sp³-hybridized carbons (Fsp3) is 0.115. The maximum atomic E-state index is 6.31. The Morgan fingerprint density at radius 3 is 2.50 bits per heavy atom. The van der Waals surface area contributed by atoms with Crippen molar-refractivity contribution in [3.05, 3.63) is 94.0 Å². The first-order chi connectivity index (χ1) is 15.6. The van der Waals surface area contributed by atoms with E-state index in [0.29, 0.717) is 17.1 Å². The molecule has 5 rings (SSSR count). The summed E-state index contributed by atoms with van der Waals surface area (Å²) in [5.74, 6) is 0.726. The van der Waals surface area contributed by atoms with Crippen LogP contribution in [0.25, 0.3) is 33.4 Å².